The molecule has 0 atom stereocenters. The van der Waals surface area contributed by atoms with Crippen LogP contribution in [0.25, 0.3) is 11.0 Å². The number of hydrogen-bond donors (Lipinski definition) is 2. The summed E-state index contributed by atoms with van der Waals surface area (Å²) in [5.74, 6) is -0.391. The van der Waals surface area contributed by atoms with Crippen LogP contribution in [0.2, 0.25) is 0 Å². The Hall–Kier alpha value is -2.05. The first-order valence-corrected chi connectivity index (χ1v) is 8.58. The second-order valence-electron chi connectivity index (χ2n) is 6.55. The molecule has 0 radical (unpaired) electrons. The number of esters is 1. The van der Waals surface area contributed by atoms with Gasteiger partial charge in [-0.2, -0.15) is 0 Å². The van der Waals surface area contributed by atoms with E-state index in [1.807, 2.05) is 0 Å². The molecule has 0 saturated heterocycles. The van der Waals surface area contributed by atoms with Crippen molar-refractivity contribution >= 4 is 29.3 Å². The van der Waals surface area contributed by atoms with Gasteiger partial charge in [-0.05, 0) is 37.5 Å². The molecular weight excluding hydrogens is 358 g/mol. The van der Waals surface area contributed by atoms with E-state index >= 15 is 0 Å². The fourth-order valence-corrected chi connectivity index (χ4v) is 3.47. The first-order chi connectivity index (χ1) is 12.0. The summed E-state index contributed by atoms with van der Waals surface area (Å²) < 4.78 is 10.1. The minimum absolute atomic E-state index is 0. The number of ether oxygens (including phenoxy) is 1. The van der Waals surface area contributed by atoms with Gasteiger partial charge < -0.3 is 19.6 Å². The highest BCUT2D eigenvalue weighted by molar-refractivity contribution is 5.87. The highest BCUT2D eigenvalue weighted by atomic mass is 35.5. The third-order valence-corrected chi connectivity index (χ3v) is 5.01. The van der Waals surface area contributed by atoms with Gasteiger partial charge in [-0.25, -0.2) is 4.79 Å². The SMILES string of the molecule is COC(=O)Cc1c(C)c2ccc(O)c(CNC3CCCC3)c2oc1=O.Cl. The van der Waals surface area contributed by atoms with Gasteiger partial charge >= 0.3 is 11.6 Å². The van der Waals surface area contributed by atoms with Crippen LogP contribution in [0.3, 0.4) is 0 Å². The number of benzene rings is 1. The lowest BCUT2D eigenvalue weighted by molar-refractivity contribution is -0.139. The molecule has 26 heavy (non-hydrogen) atoms. The summed E-state index contributed by atoms with van der Waals surface area (Å²) in [7, 11) is 1.28. The number of aromatic hydroxyl groups is 1. The molecule has 1 aliphatic rings. The lowest BCUT2D eigenvalue weighted by Gasteiger charge is -2.15. The number of fused-ring (bicyclic) bond motifs is 1. The Labute approximate surface area is 157 Å². The number of nitrogens with one attached hydrogen (secondary N) is 1. The minimum Gasteiger partial charge on any atom is -0.507 e. The number of hydrogen-bond acceptors (Lipinski definition) is 6. The van der Waals surface area contributed by atoms with Crippen LogP contribution in [0.15, 0.2) is 21.3 Å². The number of aryl methyl sites for hydroxylation is 1. The zero-order valence-corrected chi connectivity index (χ0v) is 15.8. The van der Waals surface area contributed by atoms with Crippen molar-refractivity contribution < 1.29 is 19.1 Å². The molecule has 142 valence electrons. The molecule has 0 amide bonds. The zero-order chi connectivity index (χ0) is 18.0. The zero-order valence-electron chi connectivity index (χ0n) is 15.0. The number of carbonyl (C=O) groups excluding carboxylic acids is 1. The van der Waals surface area contributed by atoms with E-state index in [9.17, 15) is 14.7 Å². The summed E-state index contributed by atoms with van der Waals surface area (Å²) >= 11 is 0. The van der Waals surface area contributed by atoms with Crippen LogP contribution in [0.5, 0.6) is 5.75 Å². The normalized spacial score (nSPS) is 14.4. The van der Waals surface area contributed by atoms with Crippen LogP contribution in [0.1, 0.15) is 42.4 Å². The lowest BCUT2D eigenvalue weighted by Crippen LogP contribution is -2.25. The summed E-state index contributed by atoms with van der Waals surface area (Å²) in [5.41, 5.74) is 1.36. The number of rotatable bonds is 5. The third-order valence-electron chi connectivity index (χ3n) is 5.01. The van der Waals surface area contributed by atoms with E-state index in [-0.39, 0.29) is 24.6 Å². The summed E-state index contributed by atoms with van der Waals surface area (Å²) in [6, 6.07) is 3.74. The number of halogens is 1. The molecule has 0 spiro atoms. The van der Waals surface area contributed by atoms with Gasteiger partial charge in [-0.15, -0.1) is 12.4 Å². The molecule has 2 aromatic rings. The largest absolute Gasteiger partial charge is 0.507 e. The monoisotopic (exact) mass is 381 g/mol. The quantitative estimate of drug-likeness (QED) is 0.611. The fraction of sp³-hybridized carbons (Fsp3) is 0.474. The van der Waals surface area contributed by atoms with E-state index in [1.54, 1.807) is 19.1 Å². The maximum absolute atomic E-state index is 12.4. The van der Waals surface area contributed by atoms with E-state index in [2.05, 4.69) is 10.1 Å². The van der Waals surface area contributed by atoms with Gasteiger partial charge in [0.2, 0.25) is 0 Å². The van der Waals surface area contributed by atoms with Gasteiger partial charge in [0, 0.05) is 18.0 Å². The van der Waals surface area contributed by atoms with Crippen molar-refractivity contribution in [3.63, 3.8) is 0 Å². The molecule has 0 aliphatic heterocycles. The van der Waals surface area contributed by atoms with E-state index < -0.39 is 11.6 Å². The fourth-order valence-electron chi connectivity index (χ4n) is 3.47. The van der Waals surface area contributed by atoms with Crippen LogP contribution in [-0.2, 0) is 22.5 Å². The Bertz CT molecular complexity index is 855. The Kier molecular flexibility index (Phi) is 6.67. The van der Waals surface area contributed by atoms with E-state index in [0.29, 0.717) is 34.9 Å². The highest BCUT2D eigenvalue weighted by Gasteiger charge is 2.20. The molecule has 1 aliphatic carbocycles. The van der Waals surface area contributed by atoms with Gasteiger partial charge in [-0.1, -0.05) is 12.8 Å². The van der Waals surface area contributed by atoms with Gasteiger partial charge in [-0.3, -0.25) is 4.79 Å². The third kappa shape index (κ3) is 4.02. The number of carbonyl (C=O) groups is 1. The smallest absolute Gasteiger partial charge is 0.340 e. The highest BCUT2D eigenvalue weighted by Crippen LogP contribution is 2.30. The predicted octanol–water partition coefficient (Wildman–Crippen LogP) is 2.98. The average Bonchev–Trinajstić information content (AvgIpc) is 3.11. The molecule has 3 rings (SSSR count). The minimum atomic E-state index is -0.567. The van der Waals surface area contributed by atoms with Gasteiger partial charge in [0.05, 0.1) is 24.7 Å². The summed E-state index contributed by atoms with van der Waals surface area (Å²) in [6.07, 6.45) is 4.54. The van der Waals surface area contributed by atoms with Gasteiger partial charge in [0.1, 0.15) is 11.3 Å². The van der Waals surface area contributed by atoms with Crippen LogP contribution >= 0.6 is 12.4 Å². The maximum Gasteiger partial charge on any atom is 0.340 e. The van der Waals surface area contributed by atoms with Gasteiger partial charge in [0.15, 0.2) is 0 Å². The van der Waals surface area contributed by atoms with Crippen molar-refractivity contribution in [2.24, 2.45) is 0 Å². The number of methoxy groups -OCH3 is 1. The van der Waals surface area contributed by atoms with Crippen molar-refractivity contribution in [2.45, 2.75) is 51.6 Å². The topological polar surface area (TPSA) is 88.8 Å². The molecule has 1 aromatic carbocycles. The van der Waals surface area contributed by atoms with Crippen LogP contribution < -0.4 is 10.9 Å². The first-order valence-electron chi connectivity index (χ1n) is 8.58. The van der Waals surface area contributed by atoms with Crippen molar-refractivity contribution in [1.29, 1.82) is 0 Å². The number of phenols is 1. The Balaban J connectivity index is 0.00000243. The molecular formula is C19H24ClNO5. The molecule has 7 heteroatoms. The summed E-state index contributed by atoms with van der Waals surface area (Å²) in [5, 5.41) is 14.4. The number of phenolic OH excluding ortho intramolecular Hbond substituents is 1. The van der Waals surface area contributed by atoms with E-state index in [1.165, 1.54) is 20.0 Å². The standard InChI is InChI=1S/C19H23NO5.ClH/c1-11-13-7-8-16(21)15(10-20-12-5-3-4-6-12)18(13)25-19(23)14(11)9-17(22)24-2;/h7-8,12,20-21H,3-6,9-10H2,1-2H3;1H. The molecule has 1 saturated carbocycles. The van der Waals surface area contributed by atoms with Gasteiger partial charge in [0.25, 0.3) is 0 Å². The molecule has 1 heterocycles. The Morgan fingerprint density at radius 1 is 1.31 bits per heavy atom. The van der Waals surface area contributed by atoms with Crippen LogP contribution in [0.4, 0.5) is 0 Å². The molecule has 1 fully saturated rings. The lowest BCUT2D eigenvalue weighted by atomic mass is 10.0. The Morgan fingerprint density at radius 3 is 2.65 bits per heavy atom. The molecule has 2 N–H and O–H groups in total. The van der Waals surface area contributed by atoms with Crippen molar-refractivity contribution in [3.05, 3.63) is 39.2 Å². The van der Waals surface area contributed by atoms with E-state index in [4.69, 9.17) is 4.42 Å². The maximum atomic E-state index is 12.4. The second kappa shape index (κ2) is 8.56. The van der Waals surface area contributed by atoms with E-state index in [0.717, 1.165) is 18.2 Å². The van der Waals surface area contributed by atoms with Crippen molar-refractivity contribution in [1.82, 2.24) is 5.32 Å². The first kappa shape index (κ1) is 20.3. The molecule has 0 bridgehead atoms. The average molecular weight is 382 g/mol. The predicted molar refractivity (Wildman–Crippen MR) is 101 cm³/mol. The molecule has 0 unspecified atom stereocenters. The van der Waals surface area contributed by atoms with Crippen molar-refractivity contribution in [2.75, 3.05) is 7.11 Å². The summed E-state index contributed by atoms with van der Waals surface area (Å²) in [6.45, 7) is 2.22. The molecule has 6 nitrogen and oxygen atoms in total. The Morgan fingerprint density at radius 2 is 2.00 bits per heavy atom. The summed E-state index contributed by atoms with van der Waals surface area (Å²) in [4.78, 5) is 23.9. The van der Waals surface area contributed by atoms with Crippen molar-refractivity contribution in [3.8, 4) is 5.75 Å². The molecule has 1 aromatic heterocycles. The second-order valence-corrected chi connectivity index (χ2v) is 6.55. The van der Waals surface area contributed by atoms with Crippen LogP contribution in [0, 0.1) is 6.92 Å². The van der Waals surface area contributed by atoms with Crippen LogP contribution in [-0.4, -0.2) is 24.2 Å².